The second-order valence-corrected chi connectivity index (χ2v) is 6.02. The molecule has 4 rings (SSSR count). The number of rotatable bonds is 3. The van der Waals surface area contributed by atoms with Crippen LogP contribution in [0.4, 0.5) is 11.4 Å². The average Bonchev–Trinajstić information content (AvgIpc) is 3.27. The van der Waals surface area contributed by atoms with E-state index in [4.69, 9.17) is 0 Å². The van der Waals surface area contributed by atoms with Crippen LogP contribution in [0.15, 0.2) is 30.6 Å². The molecule has 2 aromatic rings. The summed E-state index contributed by atoms with van der Waals surface area (Å²) in [6, 6.07) is 5.09. The highest BCUT2D eigenvalue weighted by Crippen LogP contribution is 2.47. The van der Waals surface area contributed by atoms with Crippen LogP contribution < -0.4 is 4.90 Å². The Balaban J connectivity index is 1.74. The number of non-ortho nitro benzene ring substituents is 1. The summed E-state index contributed by atoms with van der Waals surface area (Å²) < 4.78 is 0. The van der Waals surface area contributed by atoms with Crippen molar-refractivity contribution in [1.82, 2.24) is 4.98 Å². The van der Waals surface area contributed by atoms with Crippen molar-refractivity contribution in [3.05, 3.63) is 40.7 Å². The summed E-state index contributed by atoms with van der Waals surface area (Å²) >= 11 is 0. The third-order valence-corrected chi connectivity index (χ3v) is 4.58. The summed E-state index contributed by atoms with van der Waals surface area (Å²) in [5.74, 6) is 0.430. The van der Waals surface area contributed by atoms with Gasteiger partial charge in [-0.05, 0) is 30.9 Å². The predicted molar refractivity (Wildman–Crippen MR) is 78.3 cm³/mol. The molecule has 1 aromatic carbocycles. The molecule has 0 spiro atoms. The maximum Gasteiger partial charge on any atom is 0.278 e. The number of aliphatic hydroxyl groups is 1. The van der Waals surface area contributed by atoms with Gasteiger partial charge in [0.05, 0.1) is 10.3 Å². The molecule has 0 atom stereocenters. The first-order chi connectivity index (χ1) is 10.1. The van der Waals surface area contributed by atoms with E-state index in [-0.39, 0.29) is 10.6 Å². The Kier molecular flexibility index (Phi) is 2.47. The minimum atomic E-state index is -0.568. The SMILES string of the molecule is O=[N+]([O-])c1ccc(N2CC(O)(C3CC3)C2)c2ccncc12. The van der Waals surface area contributed by atoms with E-state index in [0.717, 1.165) is 23.9 Å². The highest BCUT2D eigenvalue weighted by molar-refractivity contribution is 5.99. The zero-order valence-electron chi connectivity index (χ0n) is 11.4. The van der Waals surface area contributed by atoms with Crippen LogP contribution in [0.5, 0.6) is 0 Å². The lowest BCUT2D eigenvalue weighted by Crippen LogP contribution is -2.63. The van der Waals surface area contributed by atoms with Gasteiger partial charge >= 0.3 is 0 Å². The standard InChI is InChI=1S/C15H15N3O3/c19-15(10-1-2-10)8-17(9-15)13-3-4-14(18(20)21)12-7-16-6-5-11(12)13/h3-7,10,19H,1-2,8-9H2. The van der Waals surface area contributed by atoms with E-state index in [1.165, 1.54) is 12.3 Å². The smallest absolute Gasteiger partial charge is 0.278 e. The van der Waals surface area contributed by atoms with E-state index >= 15 is 0 Å². The molecular weight excluding hydrogens is 270 g/mol. The number of nitro groups is 1. The highest BCUT2D eigenvalue weighted by atomic mass is 16.6. The van der Waals surface area contributed by atoms with Crippen LogP contribution in [0.25, 0.3) is 10.8 Å². The maximum absolute atomic E-state index is 11.1. The molecule has 2 heterocycles. The van der Waals surface area contributed by atoms with Crippen LogP contribution >= 0.6 is 0 Å². The van der Waals surface area contributed by atoms with Crippen molar-refractivity contribution >= 4 is 22.1 Å². The minimum Gasteiger partial charge on any atom is -0.386 e. The number of hydrogen-bond donors (Lipinski definition) is 1. The third kappa shape index (κ3) is 1.86. The zero-order chi connectivity index (χ0) is 14.6. The van der Waals surface area contributed by atoms with Crippen LogP contribution in [-0.2, 0) is 0 Å². The molecule has 1 saturated carbocycles. The fourth-order valence-electron chi connectivity index (χ4n) is 3.26. The second kappa shape index (κ2) is 4.14. The molecular formula is C15H15N3O3. The fourth-order valence-corrected chi connectivity index (χ4v) is 3.26. The Hall–Kier alpha value is -2.21. The number of nitro benzene ring substituents is 1. The van der Waals surface area contributed by atoms with Gasteiger partial charge < -0.3 is 10.0 Å². The summed E-state index contributed by atoms with van der Waals surface area (Å²) in [5.41, 5.74) is 0.435. The lowest BCUT2D eigenvalue weighted by atomic mass is 9.87. The average molecular weight is 285 g/mol. The third-order valence-electron chi connectivity index (χ3n) is 4.58. The number of pyridine rings is 1. The number of β-amino-alcohol motifs (C(OH)–C–C–N with tert-alkyl or cyclic N) is 1. The normalized spacial score (nSPS) is 20.3. The Morgan fingerprint density at radius 2 is 2.05 bits per heavy atom. The van der Waals surface area contributed by atoms with Crippen LogP contribution in [0, 0.1) is 16.0 Å². The van der Waals surface area contributed by atoms with E-state index in [1.54, 1.807) is 18.3 Å². The van der Waals surface area contributed by atoms with Crippen molar-refractivity contribution in [1.29, 1.82) is 0 Å². The van der Waals surface area contributed by atoms with Crippen molar-refractivity contribution in [3.8, 4) is 0 Å². The number of hydrogen-bond acceptors (Lipinski definition) is 5. The highest BCUT2D eigenvalue weighted by Gasteiger charge is 2.52. The van der Waals surface area contributed by atoms with Gasteiger partial charge in [-0.2, -0.15) is 0 Å². The molecule has 1 N–H and O–H groups in total. The summed E-state index contributed by atoms with van der Waals surface area (Å²) in [6.07, 6.45) is 5.39. The molecule has 1 aromatic heterocycles. The van der Waals surface area contributed by atoms with Crippen molar-refractivity contribution in [2.75, 3.05) is 18.0 Å². The molecule has 0 unspecified atom stereocenters. The number of nitrogens with zero attached hydrogens (tertiary/aromatic N) is 3. The zero-order valence-corrected chi connectivity index (χ0v) is 11.4. The molecule has 0 bridgehead atoms. The largest absolute Gasteiger partial charge is 0.386 e. The van der Waals surface area contributed by atoms with Crippen molar-refractivity contribution < 1.29 is 10.0 Å². The van der Waals surface area contributed by atoms with Gasteiger partial charge in [0, 0.05) is 42.6 Å². The number of benzene rings is 1. The van der Waals surface area contributed by atoms with Crippen molar-refractivity contribution in [2.45, 2.75) is 18.4 Å². The van der Waals surface area contributed by atoms with E-state index in [2.05, 4.69) is 9.88 Å². The van der Waals surface area contributed by atoms with Gasteiger partial charge in [-0.15, -0.1) is 0 Å². The van der Waals surface area contributed by atoms with Gasteiger partial charge in [0.2, 0.25) is 0 Å². The molecule has 1 aliphatic heterocycles. The molecule has 2 aliphatic rings. The van der Waals surface area contributed by atoms with Crippen LogP contribution in [0.2, 0.25) is 0 Å². The topological polar surface area (TPSA) is 79.5 Å². The first-order valence-electron chi connectivity index (χ1n) is 7.07. The van der Waals surface area contributed by atoms with Gasteiger partial charge in [-0.1, -0.05) is 0 Å². The second-order valence-electron chi connectivity index (χ2n) is 6.02. The van der Waals surface area contributed by atoms with E-state index in [9.17, 15) is 15.2 Å². The fraction of sp³-hybridized carbons (Fsp3) is 0.400. The number of anilines is 1. The molecule has 1 aliphatic carbocycles. The molecule has 0 amide bonds. The Bertz CT molecular complexity index is 736. The summed E-state index contributed by atoms with van der Waals surface area (Å²) in [6.45, 7) is 1.21. The minimum absolute atomic E-state index is 0.0693. The predicted octanol–water partition coefficient (Wildman–Crippen LogP) is 2.10. The van der Waals surface area contributed by atoms with Crippen molar-refractivity contribution in [3.63, 3.8) is 0 Å². The summed E-state index contributed by atoms with van der Waals surface area (Å²) in [5, 5.41) is 22.9. The molecule has 0 radical (unpaired) electrons. The lowest BCUT2D eigenvalue weighted by Gasteiger charge is -2.48. The lowest BCUT2D eigenvalue weighted by molar-refractivity contribution is -0.383. The maximum atomic E-state index is 11.1. The Morgan fingerprint density at radius 1 is 1.29 bits per heavy atom. The van der Waals surface area contributed by atoms with Gasteiger partial charge in [0.1, 0.15) is 5.60 Å². The first-order valence-corrected chi connectivity index (χ1v) is 7.07. The first kappa shape index (κ1) is 12.5. The van der Waals surface area contributed by atoms with Crippen LogP contribution in [-0.4, -0.2) is 33.7 Å². The molecule has 6 heteroatoms. The molecule has 108 valence electrons. The molecule has 2 fully saturated rings. The molecule has 1 saturated heterocycles. The molecule has 21 heavy (non-hydrogen) atoms. The van der Waals surface area contributed by atoms with E-state index in [1.807, 2.05) is 0 Å². The summed E-state index contributed by atoms with van der Waals surface area (Å²) in [4.78, 5) is 16.8. The van der Waals surface area contributed by atoms with E-state index < -0.39 is 5.60 Å². The number of fused-ring (bicyclic) bond motifs is 1. The summed E-state index contributed by atoms with van der Waals surface area (Å²) in [7, 11) is 0. The molecule has 6 nitrogen and oxygen atoms in total. The van der Waals surface area contributed by atoms with Gasteiger partial charge in [-0.25, -0.2) is 0 Å². The quantitative estimate of drug-likeness (QED) is 0.690. The Labute approximate surface area is 121 Å². The van der Waals surface area contributed by atoms with Crippen LogP contribution in [0.1, 0.15) is 12.8 Å². The van der Waals surface area contributed by atoms with Crippen molar-refractivity contribution in [2.24, 2.45) is 5.92 Å². The monoisotopic (exact) mass is 285 g/mol. The number of aromatic nitrogens is 1. The Morgan fingerprint density at radius 3 is 2.71 bits per heavy atom. The van der Waals surface area contributed by atoms with Gasteiger partial charge in [0.25, 0.3) is 5.69 Å². The van der Waals surface area contributed by atoms with Crippen LogP contribution in [0.3, 0.4) is 0 Å². The van der Waals surface area contributed by atoms with E-state index in [0.29, 0.717) is 24.4 Å². The van der Waals surface area contributed by atoms with Gasteiger partial charge in [0.15, 0.2) is 0 Å². The van der Waals surface area contributed by atoms with Gasteiger partial charge in [-0.3, -0.25) is 15.1 Å².